The summed E-state index contributed by atoms with van der Waals surface area (Å²) >= 11 is 0. The van der Waals surface area contributed by atoms with E-state index in [2.05, 4.69) is 35.5 Å². The third-order valence-electron chi connectivity index (χ3n) is 5.10. The van der Waals surface area contributed by atoms with Crippen LogP contribution < -0.4 is 10.1 Å². The third-order valence-corrected chi connectivity index (χ3v) is 5.10. The van der Waals surface area contributed by atoms with E-state index in [1.165, 1.54) is 36.9 Å². The predicted octanol–water partition coefficient (Wildman–Crippen LogP) is 2.37. The van der Waals surface area contributed by atoms with Crippen molar-refractivity contribution in [3.8, 4) is 5.75 Å². The molecule has 0 amide bonds. The van der Waals surface area contributed by atoms with Gasteiger partial charge < -0.3 is 10.1 Å². The van der Waals surface area contributed by atoms with Crippen LogP contribution in [0.15, 0.2) is 18.2 Å². The quantitative estimate of drug-likeness (QED) is 0.910. The molecule has 20 heavy (non-hydrogen) atoms. The van der Waals surface area contributed by atoms with Gasteiger partial charge in [-0.15, -0.1) is 0 Å². The summed E-state index contributed by atoms with van der Waals surface area (Å²) in [4.78, 5) is 2.76. The number of nitrogens with zero attached hydrogens (tertiary/aromatic N) is 1. The van der Waals surface area contributed by atoms with Crippen LogP contribution in [0.3, 0.4) is 0 Å². The molecule has 2 fully saturated rings. The van der Waals surface area contributed by atoms with Crippen molar-refractivity contribution in [3.63, 3.8) is 0 Å². The normalized spacial score (nSPS) is 29.4. The second kappa shape index (κ2) is 5.05. The van der Waals surface area contributed by atoms with Crippen LogP contribution in [0.1, 0.15) is 36.4 Å². The Bertz CT molecular complexity index is 498. The smallest absolute Gasteiger partial charge is 0.122 e. The van der Waals surface area contributed by atoms with Gasteiger partial charge in [0.05, 0.1) is 6.61 Å². The molecule has 0 radical (unpaired) electrons. The monoisotopic (exact) mass is 272 g/mol. The number of hydrogen-bond acceptors (Lipinski definition) is 3. The Morgan fingerprint density at radius 2 is 2.20 bits per heavy atom. The van der Waals surface area contributed by atoms with E-state index in [0.717, 1.165) is 37.3 Å². The topological polar surface area (TPSA) is 24.5 Å². The molecule has 0 bridgehead atoms. The maximum absolute atomic E-state index is 5.65. The maximum atomic E-state index is 5.65. The Morgan fingerprint density at radius 1 is 1.30 bits per heavy atom. The van der Waals surface area contributed by atoms with Gasteiger partial charge in [-0.3, -0.25) is 4.90 Å². The summed E-state index contributed by atoms with van der Waals surface area (Å²) in [7, 11) is 2.08. The molecule has 0 aromatic heterocycles. The number of benzene rings is 1. The van der Waals surface area contributed by atoms with Crippen LogP contribution in [-0.2, 0) is 6.42 Å². The molecule has 2 heterocycles. The van der Waals surface area contributed by atoms with Crippen LogP contribution in [0.2, 0.25) is 0 Å². The standard InChI is InChI=1S/C17H24N2O/c1-18-11-14-6-8-19(15-3-4-15)17(14)13-2-5-16-12(10-13)7-9-20-16/h2,5,10,14-15,17-18H,3-4,6-9,11H2,1H3. The highest BCUT2D eigenvalue weighted by Crippen LogP contribution is 2.44. The number of rotatable bonds is 4. The fourth-order valence-electron chi connectivity index (χ4n) is 4.03. The fourth-order valence-corrected chi connectivity index (χ4v) is 4.03. The summed E-state index contributed by atoms with van der Waals surface area (Å²) in [5.74, 6) is 1.86. The van der Waals surface area contributed by atoms with Gasteiger partial charge in [0.1, 0.15) is 5.75 Å². The van der Waals surface area contributed by atoms with Crippen LogP contribution >= 0.6 is 0 Å². The van der Waals surface area contributed by atoms with Gasteiger partial charge in [0.15, 0.2) is 0 Å². The van der Waals surface area contributed by atoms with Crippen molar-refractivity contribution in [2.75, 3.05) is 26.7 Å². The van der Waals surface area contributed by atoms with Crippen LogP contribution in [0.25, 0.3) is 0 Å². The molecule has 1 aromatic carbocycles. The van der Waals surface area contributed by atoms with E-state index in [1.807, 2.05) is 0 Å². The van der Waals surface area contributed by atoms with E-state index in [-0.39, 0.29) is 0 Å². The van der Waals surface area contributed by atoms with Gasteiger partial charge in [-0.05, 0) is 62.5 Å². The minimum atomic E-state index is 0.612. The highest BCUT2D eigenvalue weighted by atomic mass is 16.5. The first-order valence-corrected chi connectivity index (χ1v) is 8.03. The lowest BCUT2D eigenvalue weighted by atomic mass is 9.92. The Hall–Kier alpha value is -1.06. The summed E-state index contributed by atoms with van der Waals surface area (Å²) in [5.41, 5.74) is 2.92. The first-order chi connectivity index (χ1) is 9.86. The number of hydrogen-bond donors (Lipinski definition) is 1. The highest BCUT2D eigenvalue weighted by molar-refractivity contribution is 5.41. The minimum absolute atomic E-state index is 0.612. The lowest BCUT2D eigenvalue weighted by Crippen LogP contribution is -2.30. The Labute approximate surface area is 121 Å². The summed E-state index contributed by atoms with van der Waals surface area (Å²) < 4.78 is 5.65. The fraction of sp³-hybridized carbons (Fsp3) is 0.647. The molecule has 1 aliphatic carbocycles. The molecule has 0 spiro atoms. The average molecular weight is 272 g/mol. The van der Waals surface area contributed by atoms with Crippen molar-refractivity contribution >= 4 is 0 Å². The zero-order valence-electron chi connectivity index (χ0n) is 12.3. The minimum Gasteiger partial charge on any atom is -0.493 e. The van der Waals surface area contributed by atoms with Crippen LogP contribution in [-0.4, -0.2) is 37.7 Å². The first-order valence-electron chi connectivity index (χ1n) is 8.03. The van der Waals surface area contributed by atoms with Gasteiger partial charge in [0.2, 0.25) is 0 Å². The first kappa shape index (κ1) is 12.7. The second-order valence-corrected chi connectivity index (χ2v) is 6.49. The number of ether oxygens (including phenoxy) is 1. The number of nitrogens with one attached hydrogen (secondary N) is 1. The van der Waals surface area contributed by atoms with Crippen molar-refractivity contribution < 1.29 is 4.74 Å². The van der Waals surface area contributed by atoms with E-state index >= 15 is 0 Å². The summed E-state index contributed by atoms with van der Waals surface area (Å²) in [6.45, 7) is 3.26. The second-order valence-electron chi connectivity index (χ2n) is 6.49. The van der Waals surface area contributed by atoms with Crippen molar-refractivity contribution in [3.05, 3.63) is 29.3 Å². The van der Waals surface area contributed by atoms with Gasteiger partial charge in [0, 0.05) is 18.5 Å². The molecule has 1 saturated heterocycles. The Kier molecular flexibility index (Phi) is 3.20. The molecule has 1 N–H and O–H groups in total. The summed E-state index contributed by atoms with van der Waals surface area (Å²) in [6.07, 6.45) is 5.21. The van der Waals surface area contributed by atoms with Crippen molar-refractivity contribution in [2.45, 2.75) is 37.8 Å². The van der Waals surface area contributed by atoms with Gasteiger partial charge >= 0.3 is 0 Å². The largest absolute Gasteiger partial charge is 0.493 e. The molecule has 4 rings (SSSR count). The average Bonchev–Trinajstić information content (AvgIpc) is 3.05. The molecule has 2 unspecified atom stereocenters. The molecule has 3 heteroatoms. The predicted molar refractivity (Wildman–Crippen MR) is 80.1 cm³/mol. The third kappa shape index (κ3) is 2.13. The summed E-state index contributed by atoms with van der Waals surface area (Å²) in [6, 6.07) is 8.37. The lowest BCUT2D eigenvalue weighted by Gasteiger charge is -2.29. The molecule has 3 nitrogen and oxygen atoms in total. The van der Waals surface area contributed by atoms with E-state index in [4.69, 9.17) is 4.74 Å². The number of fused-ring (bicyclic) bond motifs is 1. The molecule has 2 aliphatic heterocycles. The molecule has 1 aromatic rings. The Balaban J connectivity index is 1.65. The SMILES string of the molecule is CNCC1CCN(C2CC2)C1c1ccc2c(c1)CCO2. The lowest BCUT2D eigenvalue weighted by molar-refractivity contribution is 0.217. The van der Waals surface area contributed by atoms with E-state index in [1.54, 1.807) is 0 Å². The van der Waals surface area contributed by atoms with Crippen molar-refractivity contribution in [1.82, 2.24) is 10.2 Å². The molecule has 2 atom stereocenters. The van der Waals surface area contributed by atoms with Crippen LogP contribution in [0.5, 0.6) is 5.75 Å². The van der Waals surface area contributed by atoms with Gasteiger partial charge in [0.25, 0.3) is 0 Å². The maximum Gasteiger partial charge on any atom is 0.122 e. The van der Waals surface area contributed by atoms with E-state index < -0.39 is 0 Å². The van der Waals surface area contributed by atoms with E-state index in [0.29, 0.717) is 6.04 Å². The van der Waals surface area contributed by atoms with Gasteiger partial charge in [-0.25, -0.2) is 0 Å². The van der Waals surface area contributed by atoms with Crippen molar-refractivity contribution in [2.24, 2.45) is 5.92 Å². The zero-order chi connectivity index (χ0) is 13.5. The molecule has 1 saturated carbocycles. The molecular weight excluding hydrogens is 248 g/mol. The Morgan fingerprint density at radius 3 is 3.00 bits per heavy atom. The van der Waals surface area contributed by atoms with E-state index in [9.17, 15) is 0 Å². The van der Waals surface area contributed by atoms with Crippen LogP contribution in [0.4, 0.5) is 0 Å². The van der Waals surface area contributed by atoms with Gasteiger partial charge in [-0.2, -0.15) is 0 Å². The van der Waals surface area contributed by atoms with Gasteiger partial charge in [-0.1, -0.05) is 12.1 Å². The zero-order valence-corrected chi connectivity index (χ0v) is 12.3. The molecular formula is C17H24N2O. The number of likely N-dealkylation sites (tertiary alicyclic amines) is 1. The molecule has 108 valence electrons. The van der Waals surface area contributed by atoms with Crippen molar-refractivity contribution in [1.29, 1.82) is 0 Å². The summed E-state index contributed by atoms with van der Waals surface area (Å²) in [5, 5.41) is 3.39. The molecule has 3 aliphatic rings. The highest BCUT2D eigenvalue weighted by Gasteiger charge is 2.42. The van der Waals surface area contributed by atoms with Crippen LogP contribution in [0, 0.1) is 5.92 Å².